The van der Waals surface area contributed by atoms with Gasteiger partial charge in [0, 0.05) is 52.7 Å². The lowest BCUT2D eigenvalue weighted by atomic mass is 9.97. The Labute approximate surface area is 143 Å². The van der Waals surface area contributed by atoms with E-state index in [4.69, 9.17) is 9.52 Å². The zero-order valence-electron chi connectivity index (χ0n) is 13.7. The Morgan fingerprint density at radius 3 is 2.68 bits per heavy atom. The summed E-state index contributed by atoms with van der Waals surface area (Å²) >= 11 is 0. The number of nitrogens with zero attached hydrogens (tertiary/aromatic N) is 1. The first-order valence-corrected chi connectivity index (χ1v) is 7.86. The van der Waals surface area contributed by atoms with E-state index in [-0.39, 0.29) is 17.9 Å². The molecule has 1 aromatic heterocycles. The van der Waals surface area contributed by atoms with Crippen LogP contribution >= 0.6 is 0 Å². The van der Waals surface area contributed by atoms with Gasteiger partial charge < -0.3 is 14.6 Å². The molecule has 0 radical (unpaired) electrons. The molecular weight excluding hydrogens is 322 g/mol. The number of aldehydes is 1. The van der Waals surface area contributed by atoms with Crippen LogP contribution in [0.3, 0.4) is 0 Å². The van der Waals surface area contributed by atoms with Crippen molar-refractivity contribution < 1.29 is 19.4 Å². The maximum Gasteiger partial charge on any atom is 0.336 e. The van der Waals surface area contributed by atoms with E-state index in [1.54, 1.807) is 19.1 Å². The molecule has 0 amide bonds. The SMILES string of the molecule is Cc1cc(=O)oc2c1ccc1c(O)c(C=NCCCO)cc(C=O)c12. The van der Waals surface area contributed by atoms with Crippen molar-refractivity contribution in [2.45, 2.75) is 13.3 Å². The summed E-state index contributed by atoms with van der Waals surface area (Å²) in [6, 6.07) is 6.33. The van der Waals surface area contributed by atoms with E-state index < -0.39 is 5.63 Å². The number of fused-ring (bicyclic) bond motifs is 3. The lowest BCUT2D eigenvalue weighted by Crippen LogP contribution is -2.00. The number of hydrogen-bond acceptors (Lipinski definition) is 6. The van der Waals surface area contributed by atoms with E-state index in [0.717, 1.165) is 5.56 Å². The second-order valence-electron chi connectivity index (χ2n) is 5.75. The van der Waals surface area contributed by atoms with Gasteiger partial charge in [-0.2, -0.15) is 0 Å². The highest BCUT2D eigenvalue weighted by molar-refractivity contribution is 6.15. The number of carbonyl (C=O) groups excluding carboxylic acids is 1. The second-order valence-corrected chi connectivity index (χ2v) is 5.75. The Balaban J connectivity index is 2.32. The number of aromatic hydroxyl groups is 1. The molecule has 25 heavy (non-hydrogen) atoms. The molecular formula is C19H17NO5. The standard InChI is InChI=1S/C19H17NO5/c1-11-7-16(23)25-19-14(11)3-4-15-17(19)13(10-22)8-12(18(15)24)9-20-5-2-6-21/h3-4,7-10,21,24H,2,5-6H2,1H3. The van der Waals surface area contributed by atoms with Crippen molar-refractivity contribution in [3.8, 4) is 5.75 Å². The predicted octanol–water partition coefficient (Wildman–Crippen LogP) is 2.57. The van der Waals surface area contributed by atoms with Crippen LogP contribution in [-0.4, -0.2) is 35.9 Å². The zero-order chi connectivity index (χ0) is 18.0. The van der Waals surface area contributed by atoms with Crippen molar-refractivity contribution in [3.05, 3.63) is 51.4 Å². The van der Waals surface area contributed by atoms with Crippen molar-refractivity contribution in [3.63, 3.8) is 0 Å². The van der Waals surface area contributed by atoms with E-state index in [2.05, 4.69) is 4.99 Å². The first-order chi connectivity index (χ1) is 12.1. The smallest absolute Gasteiger partial charge is 0.336 e. The molecule has 0 saturated heterocycles. The van der Waals surface area contributed by atoms with Crippen molar-refractivity contribution in [1.82, 2.24) is 0 Å². The van der Waals surface area contributed by atoms with Gasteiger partial charge in [0.15, 0.2) is 6.29 Å². The van der Waals surface area contributed by atoms with Crippen LogP contribution < -0.4 is 5.63 Å². The number of carbonyl (C=O) groups is 1. The minimum atomic E-state index is -0.511. The molecule has 6 nitrogen and oxygen atoms in total. The molecule has 2 aromatic carbocycles. The maximum absolute atomic E-state index is 11.7. The summed E-state index contributed by atoms with van der Waals surface area (Å²) < 4.78 is 5.32. The summed E-state index contributed by atoms with van der Waals surface area (Å²) in [5, 5.41) is 20.8. The molecule has 0 aliphatic heterocycles. The number of aryl methyl sites for hydroxylation is 1. The van der Waals surface area contributed by atoms with Crippen LogP contribution in [0, 0.1) is 6.92 Å². The van der Waals surface area contributed by atoms with Gasteiger partial charge in [-0.25, -0.2) is 4.79 Å². The highest BCUT2D eigenvalue weighted by Gasteiger charge is 2.15. The number of phenols is 1. The van der Waals surface area contributed by atoms with Crippen LogP contribution in [0.25, 0.3) is 21.7 Å². The summed E-state index contributed by atoms with van der Waals surface area (Å²) in [4.78, 5) is 27.5. The Hall–Kier alpha value is -2.99. The van der Waals surface area contributed by atoms with Crippen LogP contribution in [0.5, 0.6) is 5.75 Å². The van der Waals surface area contributed by atoms with Crippen LogP contribution in [0.15, 0.2) is 38.5 Å². The Kier molecular flexibility index (Phi) is 4.63. The molecule has 0 spiro atoms. The molecule has 0 aliphatic carbocycles. The van der Waals surface area contributed by atoms with Crippen molar-refractivity contribution in [2.75, 3.05) is 13.2 Å². The van der Waals surface area contributed by atoms with Gasteiger partial charge in [0.2, 0.25) is 0 Å². The van der Waals surface area contributed by atoms with Crippen LogP contribution in [-0.2, 0) is 0 Å². The molecule has 3 rings (SSSR count). The Morgan fingerprint density at radius 1 is 1.20 bits per heavy atom. The third kappa shape index (κ3) is 3.04. The topological polar surface area (TPSA) is 100 Å². The lowest BCUT2D eigenvalue weighted by molar-refractivity contribution is 0.112. The molecule has 3 aromatic rings. The largest absolute Gasteiger partial charge is 0.507 e. The third-order valence-corrected chi connectivity index (χ3v) is 4.05. The van der Waals surface area contributed by atoms with Crippen molar-refractivity contribution >= 4 is 34.2 Å². The number of hydrogen-bond donors (Lipinski definition) is 2. The Morgan fingerprint density at radius 2 is 1.96 bits per heavy atom. The first kappa shape index (κ1) is 16.9. The highest BCUT2D eigenvalue weighted by atomic mass is 16.4. The zero-order valence-corrected chi connectivity index (χ0v) is 13.7. The molecule has 0 saturated carbocycles. The number of benzene rings is 2. The van der Waals surface area contributed by atoms with Gasteiger partial charge in [-0.15, -0.1) is 0 Å². The van der Waals surface area contributed by atoms with Gasteiger partial charge >= 0.3 is 5.63 Å². The molecule has 0 fully saturated rings. The number of aliphatic hydroxyl groups is 1. The van der Waals surface area contributed by atoms with E-state index in [1.165, 1.54) is 18.3 Å². The fourth-order valence-corrected chi connectivity index (χ4v) is 2.85. The summed E-state index contributed by atoms with van der Waals surface area (Å²) in [6.07, 6.45) is 2.64. The minimum Gasteiger partial charge on any atom is -0.507 e. The van der Waals surface area contributed by atoms with Gasteiger partial charge in [0.1, 0.15) is 11.3 Å². The summed E-state index contributed by atoms with van der Waals surface area (Å²) in [5.74, 6) is -0.0422. The van der Waals surface area contributed by atoms with Gasteiger partial charge in [-0.3, -0.25) is 9.79 Å². The average Bonchev–Trinajstić information content (AvgIpc) is 2.60. The maximum atomic E-state index is 11.7. The van der Waals surface area contributed by atoms with Crippen molar-refractivity contribution in [1.29, 1.82) is 0 Å². The molecule has 0 unspecified atom stereocenters. The van der Waals surface area contributed by atoms with Gasteiger partial charge in [0.05, 0.1) is 0 Å². The van der Waals surface area contributed by atoms with E-state index in [1.807, 2.05) is 0 Å². The molecule has 0 atom stereocenters. The van der Waals surface area contributed by atoms with Gasteiger partial charge in [-0.1, -0.05) is 6.07 Å². The van der Waals surface area contributed by atoms with Crippen LogP contribution in [0.4, 0.5) is 0 Å². The molecule has 128 valence electrons. The third-order valence-electron chi connectivity index (χ3n) is 4.05. The number of phenolic OH excluding ortho intramolecular Hbond substituents is 1. The monoisotopic (exact) mass is 339 g/mol. The van der Waals surface area contributed by atoms with E-state index in [0.29, 0.717) is 46.5 Å². The summed E-state index contributed by atoms with van der Waals surface area (Å²) in [6.45, 7) is 2.23. The number of rotatable bonds is 5. The fraction of sp³-hybridized carbons (Fsp3) is 0.211. The van der Waals surface area contributed by atoms with E-state index >= 15 is 0 Å². The summed E-state index contributed by atoms with van der Waals surface area (Å²) in [7, 11) is 0. The molecule has 0 aliphatic rings. The number of aliphatic hydroxyl groups excluding tert-OH is 1. The first-order valence-electron chi connectivity index (χ1n) is 7.86. The highest BCUT2D eigenvalue weighted by Crippen LogP contribution is 2.35. The quantitative estimate of drug-likeness (QED) is 0.245. The lowest BCUT2D eigenvalue weighted by Gasteiger charge is -2.10. The van der Waals surface area contributed by atoms with Gasteiger partial charge in [0.25, 0.3) is 0 Å². The van der Waals surface area contributed by atoms with Crippen molar-refractivity contribution in [2.24, 2.45) is 4.99 Å². The molecule has 0 bridgehead atoms. The predicted molar refractivity (Wildman–Crippen MR) is 95.9 cm³/mol. The molecule has 1 heterocycles. The second kappa shape index (κ2) is 6.86. The fourth-order valence-electron chi connectivity index (χ4n) is 2.85. The Bertz CT molecular complexity index is 1050. The van der Waals surface area contributed by atoms with Crippen LogP contribution in [0.2, 0.25) is 0 Å². The average molecular weight is 339 g/mol. The summed E-state index contributed by atoms with van der Waals surface area (Å²) in [5.41, 5.74) is 1.20. The normalized spacial score (nSPS) is 11.6. The number of aliphatic imine (C=N–C) groups is 1. The molecule has 6 heteroatoms. The minimum absolute atomic E-state index is 0.0327. The molecule has 2 N–H and O–H groups in total. The van der Waals surface area contributed by atoms with Crippen LogP contribution in [0.1, 0.15) is 27.9 Å². The van der Waals surface area contributed by atoms with E-state index in [9.17, 15) is 14.7 Å². The van der Waals surface area contributed by atoms with Gasteiger partial charge in [-0.05, 0) is 31.0 Å².